The number of nitrogens with one attached hydrogen (secondary N) is 1. The van der Waals surface area contributed by atoms with E-state index in [-0.39, 0.29) is 18.3 Å². The molecule has 0 unspecified atom stereocenters. The Bertz CT molecular complexity index is 332. The predicted octanol–water partition coefficient (Wildman–Crippen LogP) is -0.596. The van der Waals surface area contributed by atoms with Crippen LogP contribution in [-0.4, -0.2) is 27.1 Å². The van der Waals surface area contributed by atoms with E-state index in [1.165, 1.54) is 6.92 Å². The van der Waals surface area contributed by atoms with Gasteiger partial charge < -0.3 is 14.9 Å². The van der Waals surface area contributed by atoms with E-state index in [0.29, 0.717) is 0 Å². The van der Waals surface area contributed by atoms with Gasteiger partial charge >= 0.3 is 5.97 Å². The average Bonchev–Trinajstić information content (AvgIpc) is 2.48. The maximum absolute atomic E-state index is 10.4. The van der Waals surface area contributed by atoms with Crippen LogP contribution in [0.1, 0.15) is 23.4 Å². The van der Waals surface area contributed by atoms with E-state index >= 15 is 0 Å². The molecule has 1 aromatic heterocycles. The van der Waals surface area contributed by atoms with Gasteiger partial charge in [0, 0.05) is 6.92 Å². The number of rotatable bonds is 3. The molecule has 1 aromatic rings. The van der Waals surface area contributed by atoms with Crippen LogP contribution in [0.2, 0.25) is 0 Å². The number of aromatic nitrogens is 2. The normalized spacial score (nSPS) is 9.62. The molecule has 0 radical (unpaired) electrons. The SMILES string of the molecule is CC(=O)NCc1nc(C(=O)O)no1. The van der Waals surface area contributed by atoms with Gasteiger partial charge in [0.25, 0.3) is 5.82 Å². The maximum Gasteiger partial charge on any atom is 0.377 e. The molecule has 70 valence electrons. The first-order chi connectivity index (χ1) is 6.09. The van der Waals surface area contributed by atoms with E-state index in [4.69, 9.17) is 5.11 Å². The molecule has 7 nitrogen and oxygen atoms in total. The second kappa shape index (κ2) is 3.65. The number of carbonyl (C=O) groups is 2. The number of carbonyl (C=O) groups excluding carboxylic acids is 1. The average molecular weight is 185 g/mol. The number of hydrogen-bond donors (Lipinski definition) is 2. The molecule has 0 aliphatic heterocycles. The third kappa shape index (κ3) is 2.55. The summed E-state index contributed by atoms with van der Waals surface area (Å²) in [5, 5.41) is 13.9. The van der Waals surface area contributed by atoms with Crippen LogP contribution < -0.4 is 5.32 Å². The van der Waals surface area contributed by atoms with Crippen molar-refractivity contribution in [2.24, 2.45) is 0 Å². The zero-order valence-corrected chi connectivity index (χ0v) is 6.77. The molecule has 0 aliphatic carbocycles. The molecule has 13 heavy (non-hydrogen) atoms. The van der Waals surface area contributed by atoms with Crippen molar-refractivity contribution in [3.63, 3.8) is 0 Å². The van der Waals surface area contributed by atoms with E-state index in [9.17, 15) is 9.59 Å². The molecular weight excluding hydrogens is 178 g/mol. The molecule has 0 fully saturated rings. The number of nitrogens with zero attached hydrogens (tertiary/aromatic N) is 2. The fraction of sp³-hybridized carbons (Fsp3) is 0.333. The maximum atomic E-state index is 10.4. The van der Waals surface area contributed by atoms with Crippen molar-refractivity contribution in [1.29, 1.82) is 0 Å². The van der Waals surface area contributed by atoms with Crippen molar-refractivity contribution >= 4 is 11.9 Å². The van der Waals surface area contributed by atoms with E-state index in [1.54, 1.807) is 0 Å². The Hall–Kier alpha value is -1.92. The summed E-state index contributed by atoms with van der Waals surface area (Å²) in [5.74, 6) is -1.87. The Morgan fingerprint density at radius 3 is 2.77 bits per heavy atom. The monoisotopic (exact) mass is 185 g/mol. The van der Waals surface area contributed by atoms with Gasteiger partial charge in [0.15, 0.2) is 0 Å². The first-order valence-electron chi connectivity index (χ1n) is 3.40. The largest absolute Gasteiger partial charge is 0.475 e. The van der Waals surface area contributed by atoms with Crippen molar-refractivity contribution in [2.45, 2.75) is 13.5 Å². The highest BCUT2D eigenvalue weighted by Crippen LogP contribution is 1.96. The third-order valence-electron chi connectivity index (χ3n) is 1.15. The number of carboxylic acids is 1. The molecule has 0 saturated heterocycles. The van der Waals surface area contributed by atoms with E-state index in [2.05, 4.69) is 20.0 Å². The molecule has 2 N–H and O–H groups in total. The van der Waals surface area contributed by atoms with Crippen molar-refractivity contribution in [3.8, 4) is 0 Å². The summed E-state index contributed by atoms with van der Waals surface area (Å²) in [6, 6.07) is 0. The molecule has 1 amide bonds. The summed E-state index contributed by atoms with van der Waals surface area (Å²) in [6.07, 6.45) is 0. The molecular formula is C6H7N3O4. The summed E-state index contributed by atoms with van der Waals surface area (Å²) < 4.78 is 4.52. The topological polar surface area (TPSA) is 105 Å². The Labute approximate surface area is 72.7 Å². The van der Waals surface area contributed by atoms with Crippen molar-refractivity contribution < 1.29 is 19.2 Å². The lowest BCUT2D eigenvalue weighted by Crippen LogP contribution is -2.19. The second-order valence-corrected chi connectivity index (χ2v) is 2.23. The number of hydrogen-bond acceptors (Lipinski definition) is 5. The molecule has 0 saturated carbocycles. The van der Waals surface area contributed by atoms with Crippen LogP contribution in [0.25, 0.3) is 0 Å². The first-order valence-corrected chi connectivity index (χ1v) is 3.40. The van der Waals surface area contributed by atoms with Gasteiger partial charge in [0.2, 0.25) is 11.8 Å². The number of amides is 1. The van der Waals surface area contributed by atoms with Crippen LogP contribution in [0.3, 0.4) is 0 Å². The molecule has 0 spiro atoms. The summed E-state index contributed by atoms with van der Waals surface area (Å²) in [6.45, 7) is 1.37. The molecule has 1 rings (SSSR count). The fourth-order valence-electron chi connectivity index (χ4n) is 0.614. The highest BCUT2D eigenvalue weighted by Gasteiger charge is 2.12. The van der Waals surface area contributed by atoms with Crippen LogP contribution in [0.15, 0.2) is 4.52 Å². The van der Waals surface area contributed by atoms with E-state index in [0.717, 1.165) is 0 Å². The molecule has 0 atom stereocenters. The fourth-order valence-corrected chi connectivity index (χ4v) is 0.614. The highest BCUT2D eigenvalue weighted by atomic mass is 16.5. The van der Waals surface area contributed by atoms with Gasteiger partial charge in [-0.1, -0.05) is 0 Å². The number of carboxylic acid groups (broad SMARTS) is 1. The van der Waals surface area contributed by atoms with E-state index in [1.807, 2.05) is 0 Å². The Morgan fingerprint density at radius 1 is 1.62 bits per heavy atom. The van der Waals surface area contributed by atoms with Gasteiger partial charge in [-0.3, -0.25) is 4.79 Å². The number of aromatic carboxylic acids is 1. The quantitative estimate of drug-likeness (QED) is 0.651. The minimum atomic E-state index is -1.27. The van der Waals surface area contributed by atoms with Crippen LogP contribution >= 0.6 is 0 Å². The summed E-state index contributed by atoms with van der Waals surface area (Å²) in [5.41, 5.74) is 0. The third-order valence-corrected chi connectivity index (χ3v) is 1.15. The lowest BCUT2D eigenvalue weighted by Gasteiger charge is -1.93. The minimum absolute atomic E-state index is 0.0373. The Balaban J connectivity index is 2.59. The predicted molar refractivity (Wildman–Crippen MR) is 38.8 cm³/mol. The summed E-state index contributed by atoms with van der Waals surface area (Å²) in [4.78, 5) is 24.2. The highest BCUT2D eigenvalue weighted by molar-refractivity contribution is 5.82. The molecule has 0 aromatic carbocycles. The van der Waals surface area contributed by atoms with Crippen LogP contribution in [-0.2, 0) is 11.3 Å². The van der Waals surface area contributed by atoms with Crippen LogP contribution in [0.4, 0.5) is 0 Å². The minimum Gasteiger partial charge on any atom is -0.475 e. The van der Waals surface area contributed by atoms with Crippen molar-refractivity contribution in [3.05, 3.63) is 11.7 Å². The van der Waals surface area contributed by atoms with Gasteiger partial charge in [0.1, 0.15) is 0 Å². The smallest absolute Gasteiger partial charge is 0.377 e. The van der Waals surface area contributed by atoms with Gasteiger partial charge in [0.05, 0.1) is 6.54 Å². The van der Waals surface area contributed by atoms with Crippen LogP contribution in [0.5, 0.6) is 0 Å². The van der Waals surface area contributed by atoms with Crippen molar-refractivity contribution in [2.75, 3.05) is 0 Å². The second-order valence-electron chi connectivity index (χ2n) is 2.23. The van der Waals surface area contributed by atoms with Gasteiger partial charge in [-0.05, 0) is 5.16 Å². The Morgan fingerprint density at radius 2 is 2.31 bits per heavy atom. The summed E-state index contributed by atoms with van der Waals surface area (Å²) >= 11 is 0. The van der Waals surface area contributed by atoms with Gasteiger partial charge in [-0.15, -0.1) is 0 Å². The standard InChI is InChI=1S/C6H7N3O4/c1-3(10)7-2-4-8-5(6(11)12)9-13-4/h2H2,1H3,(H,7,10)(H,11,12). The molecule has 0 aliphatic rings. The summed E-state index contributed by atoms with van der Waals surface area (Å²) in [7, 11) is 0. The zero-order valence-electron chi connectivity index (χ0n) is 6.77. The van der Waals surface area contributed by atoms with Gasteiger partial charge in [-0.25, -0.2) is 4.79 Å². The van der Waals surface area contributed by atoms with Gasteiger partial charge in [-0.2, -0.15) is 4.98 Å². The van der Waals surface area contributed by atoms with E-state index < -0.39 is 11.8 Å². The molecule has 0 bridgehead atoms. The van der Waals surface area contributed by atoms with Crippen molar-refractivity contribution in [1.82, 2.24) is 15.5 Å². The van der Waals surface area contributed by atoms with Crippen LogP contribution in [0, 0.1) is 0 Å². The molecule has 1 heterocycles. The molecule has 7 heteroatoms. The lowest BCUT2D eigenvalue weighted by atomic mass is 10.5. The first kappa shape index (κ1) is 9.17. The Kier molecular flexibility index (Phi) is 2.58. The lowest BCUT2D eigenvalue weighted by molar-refractivity contribution is -0.119. The zero-order chi connectivity index (χ0) is 9.84.